The molecular formula is C11H22N2O5S. The minimum Gasteiger partial charge on any atom is -0.481 e. The largest absolute Gasteiger partial charge is 0.481 e. The zero-order valence-electron chi connectivity index (χ0n) is 11.6. The normalized spacial score (nSPS) is 25.7. The molecule has 1 aliphatic heterocycles. The number of rotatable bonds is 6. The highest BCUT2D eigenvalue weighted by Crippen LogP contribution is 2.20. The van der Waals surface area contributed by atoms with Crippen molar-refractivity contribution in [3.63, 3.8) is 0 Å². The number of hydrogen-bond acceptors (Lipinski definition) is 4. The van der Waals surface area contributed by atoms with Crippen LogP contribution in [0.25, 0.3) is 0 Å². The van der Waals surface area contributed by atoms with Crippen LogP contribution in [0.1, 0.15) is 26.7 Å². The first-order valence-electron chi connectivity index (χ1n) is 6.35. The second-order valence-electron chi connectivity index (χ2n) is 4.75. The van der Waals surface area contributed by atoms with Crippen molar-refractivity contribution in [2.75, 3.05) is 26.7 Å². The summed E-state index contributed by atoms with van der Waals surface area (Å²) in [6.45, 7) is 4.39. The Hall–Kier alpha value is -0.700. The Balaban J connectivity index is 2.80. The molecule has 1 heterocycles. The highest BCUT2D eigenvalue weighted by atomic mass is 32.2. The van der Waals surface area contributed by atoms with Crippen LogP contribution in [0.3, 0.4) is 0 Å². The van der Waals surface area contributed by atoms with Gasteiger partial charge < -0.3 is 9.84 Å². The molecule has 2 unspecified atom stereocenters. The number of carboxylic acids is 1. The summed E-state index contributed by atoms with van der Waals surface area (Å²) in [4.78, 5) is 10.5. The van der Waals surface area contributed by atoms with Gasteiger partial charge >= 0.3 is 5.97 Å². The third kappa shape index (κ3) is 4.13. The van der Waals surface area contributed by atoms with Crippen LogP contribution in [0.5, 0.6) is 0 Å². The summed E-state index contributed by atoms with van der Waals surface area (Å²) in [7, 11) is -2.22. The summed E-state index contributed by atoms with van der Waals surface area (Å²) in [5.41, 5.74) is 0. The van der Waals surface area contributed by atoms with Crippen LogP contribution >= 0.6 is 0 Å². The summed E-state index contributed by atoms with van der Waals surface area (Å²) in [5.74, 6) is -1.01. The number of aliphatic carboxylic acids is 1. The predicted octanol–water partition coefficient (Wildman–Crippen LogP) is 0.137. The first kappa shape index (κ1) is 16.4. The molecule has 0 aromatic heterocycles. The van der Waals surface area contributed by atoms with Crippen LogP contribution in [0.15, 0.2) is 0 Å². The molecule has 0 aromatic rings. The van der Waals surface area contributed by atoms with Crippen LogP contribution in [-0.4, -0.2) is 67.0 Å². The van der Waals surface area contributed by atoms with Crippen molar-refractivity contribution in [1.29, 1.82) is 0 Å². The smallest absolute Gasteiger partial charge is 0.304 e. The first-order chi connectivity index (χ1) is 8.78. The van der Waals surface area contributed by atoms with E-state index in [0.717, 1.165) is 4.31 Å². The molecular weight excluding hydrogens is 272 g/mol. The topological polar surface area (TPSA) is 87.2 Å². The second-order valence-corrected chi connectivity index (χ2v) is 6.74. The summed E-state index contributed by atoms with van der Waals surface area (Å²) >= 11 is 0. The zero-order valence-corrected chi connectivity index (χ0v) is 12.4. The predicted molar refractivity (Wildman–Crippen MR) is 70.0 cm³/mol. The summed E-state index contributed by atoms with van der Waals surface area (Å²) in [6.07, 6.45) is 0.316. The zero-order chi connectivity index (χ0) is 14.6. The van der Waals surface area contributed by atoms with Gasteiger partial charge in [0.1, 0.15) is 0 Å². The van der Waals surface area contributed by atoms with Crippen molar-refractivity contribution >= 4 is 16.2 Å². The fourth-order valence-corrected chi connectivity index (χ4v) is 3.63. The molecule has 0 aliphatic carbocycles. The van der Waals surface area contributed by atoms with Gasteiger partial charge in [-0.05, 0) is 13.3 Å². The standard InChI is InChI=1S/C11H22N2O5S/c1-4-10-8-18-9(2)7-13(10)19(16,17)12(3)6-5-11(14)15/h9-10H,4-8H2,1-3H3,(H,14,15). The van der Waals surface area contributed by atoms with E-state index < -0.39 is 16.2 Å². The third-order valence-corrected chi connectivity index (χ3v) is 5.23. The lowest BCUT2D eigenvalue weighted by molar-refractivity contribution is -0.137. The molecule has 0 aromatic carbocycles. The summed E-state index contributed by atoms with van der Waals surface area (Å²) in [5, 5.41) is 8.62. The van der Waals surface area contributed by atoms with Gasteiger partial charge in [0.2, 0.25) is 0 Å². The molecule has 8 heteroatoms. The van der Waals surface area contributed by atoms with Gasteiger partial charge in [-0.15, -0.1) is 0 Å². The van der Waals surface area contributed by atoms with Gasteiger partial charge in [0, 0.05) is 26.2 Å². The van der Waals surface area contributed by atoms with Gasteiger partial charge in [-0.1, -0.05) is 6.92 Å². The van der Waals surface area contributed by atoms with E-state index in [2.05, 4.69) is 0 Å². The Kier molecular flexibility index (Phi) is 5.72. The molecule has 0 spiro atoms. The molecule has 1 rings (SSSR count). The molecule has 1 saturated heterocycles. The van der Waals surface area contributed by atoms with E-state index in [4.69, 9.17) is 9.84 Å². The SMILES string of the molecule is CCC1COC(C)CN1S(=O)(=O)N(C)CCC(=O)O. The maximum Gasteiger partial charge on any atom is 0.304 e. The maximum atomic E-state index is 12.4. The number of nitrogens with zero attached hydrogens (tertiary/aromatic N) is 2. The number of hydrogen-bond donors (Lipinski definition) is 1. The van der Waals surface area contributed by atoms with E-state index in [-0.39, 0.29) is 25.1 Å². The monoisotopic (exact) mass is 294 g/mol. The van der Waals surface area contributed by atoms with Gasteiger partial charge in [0.25, 0.3) is 10.2 Å². The molecule has 0 saturated carbocycles. The lowest BCUT2D eigenvalue weighted by atomic mass is 10.2. The van der Waals surface area contributed by atoms with Gasteiger partial charge in [0.05, 0.1) is 19.1 Å². The first-order valence-corrected chi connectivity index (χ1v) is 7.75. The lowest BCUT2D eigenvalue weighted by Gasteiger charge is -2.39. The molecule has 1 aliphatic rings. The minimum absolute atomic E-state index is 0.0279. The highest BCUT2D eigenvalue weighted by Gasteiger charge is 2.36. The van der Waals surface area contributed by atoms with Crippen molar-refractivity contribution in [3.8, 4) is 0 Å². The van der Waals surface area contributed by atoms with E-state index in [1.165, 1.54) is 11.4 Å². The molecule has 1 N–H and O–H groups in total. The Morgan fingerprint density at radius 1 is 1.53 bits per heavy atom. The van der Waals surface area contributed by atoms with Crippen LogP contribution in [0.4, 0.5) is 0 Å². The summed E-state index contributed by atoms with van der Waals surface area (Å²) in [6, 6.07) is -0.187. The lowest BCUT2D eigenvalue weighted by Crippen LogP contribution is -2.55. The number of morpholine rings is 1. The van der Waals surface area contributed by atoms with Gasteiger partial charge in [-0.3, -0.25) is 4.79 Å². The van der Waals surface area contributed by atoms with Crippen LogP contribution in [0, 0.1) is 0 Å². The fourth-order valence-electron chi connectivity index (χ4n) is 1.97. The average molecular weight is 294 g/mol. The number of ether oxygens (including phenoxy) is 1. The molecule has 0 amide bonds. The molecule has 1 fully saturated rings. The quantitative estimate of drug-likeness (QED) is 0.753. The average Bonchev–Trinajstić information content (AvgIpc) is 2.35. The third-order valence-electron chi connectivity index (χ3n) is 3.22. The minimum atomic E-state index is -3.63. The van der Waals surface area contributed by atoms with Crippen molar-refractivity contribution < 1.29 is 23.1 Å². The maximum absolute atomic E-state index is 12.4. The van der Waals surface area contributed by atoms with Gasteiger partial charge in [0.15, 0.2) is 0 Å². The Morgan fingerprint density at radius 2 is 2.16 bits per heavy atom. The Bertz CT molecular complexity index is 411. The highest BCUT2D eigenvalue weighted by molar-refractivity contribution is 7.86. The van der Waals surface area contributed by atoms with Crippen LogP contribution < -0.4 is 0 Å². The molecule has 2 atom stereocenters. The van der Waals surface area contributed by atoms with E-state index in [9.17, 15) is 13.2 Å². The van der Waals surface area contributed by atoms with E-state index in [1.54, 1.807) is 0 Å². The Morgan fingerprint density at radius 3 is 2.68 bits per heavy atom. The van der Waals surface area contributed by atoms with E-state index >= 15 is 0 Å². The molecule has 19 heavy (non-hydrogen) atoms. The van der Waals surface area contributed by atoms with Crippen molar-refractivity contribution in [2.45, 2.75) is 38.8 Å². The van der Waals surface area contributed by atoms with Gasteiger partial charge in [-0.25, -0.2) is 0 Å². The van der Waals surface area contributed by atoms with Gasteiger partial charge in [-0.2, -0.15) is 17.0 Å². The van der Waals surface area contributed by atoms with E-state index in [1.807, 2.05) is 13.8 Å². The number of carboxylic acid groups (broad SMARTS) is 1. The molecule has 112 valence electrons. The van der Waals surface area contributed by atoms with Crippen LogP contribution in [0.2, 0.25) is 0 Å². The molecule has 0 radical (unpaired) electrons. The Labute approximate surface area is 114 Å². The summed E-state index contributed by atoms with van der Waals surface area (Å²) < 4.78 is 32.8. The van der Waals surface area contributed by atoms with Crippen molar-refractivity contribution in [2.24, 2.45) is 0 Å². The van der Waals surface area contributed by atoms with Crippen molar-refractivity contribution in [3.05, 3.63) is 0 Å². The fraction of sp³-hybridized carbons (Fsp3) is 0.909. The second kappa shape index (κ2) is 6.65. The van der Waals surface area contributed by atoms with E-state index in [0.29, 0.717) is 19.6 Å². The molecule has 7 nitrogen and oxygen atoms in total. The van der Waals surface area contributed by atoms with Crippen LogP contribution in [-0.2, 0) is 19.7 Å². The van der Waals surface area contributed by atoms with Crippen molar-refractivity contribution in [1.82, 2.24) is 8.61 Å². The number of carbonyl (C=O) groups is 1. The molecule has 0 bridgehead atoms.